The lowest BCUT2D eigenvalue weighted by atomic mass is 10.1. The van der Waals surface area contributed by atoms with Crippen molar-refractivity contribution in [3.63, 3.8) is 0 Å². The summed E-state index contributed by atoms with van der Waals surface area (Å²) in [5, 5.41) is 0. The Morgan fingerprint density at radius 1 is 1.14 bits per heavy atom. The van der Waals surface area contributed by atoms with Crippen molar-refractivity contribution in [2.45, 2.75) is 24.4 Å². The van der Waals surface area contributed by atoms with Gasteiger partial charge in [0.25, 0.3) is 10.0 Å². The van der Waals surface area contributed by atoms with Crippen LogP contribution in [0.25, 0.3) is 0 Å². The van der Waals surface area contributed by atoms with Crippen LogP contribution in [0.3, 0.4) is 0 Å². The molecule has 146 valence electrons. The zero-order valence-corrected chi connectivity index (χ0v) is 15.5. The Kier molecular flexibility index (Phi) is 5.12. The van der Waals surface area contributed by atoms with Gasteiger partial charge in [0.1, 0.15) is 5.69 Å². The van der Waals surface area contributed by atoms with Crippen LogP contribution in [0.15, 0.2) is 66.0 Å². The molecular weight excluding hydrogens is 393 g/mol. The van der Waals surface area contributed by atoms with Crippen LogP contribution in [0.4, 0.5) is 13.2 Å². The van der Waals surface area contributed by atoms with Crippen molar-refractivity contribution in [1.82, 2.24) is 8.96 Å². The molecule has 0 atom stereocenters. The van der Waals surface area contributed by atoms with Gasteiger partial charge in [0, 0.05) is 25.0 Å². The van der Waals surface area contributed by atoms with E-state index in [9.17, 15) is 26.4 Å². The maximum Gasteiger partial charge on any atom is 0.416 e. The maximum atomic E-state index is 13.1. The fourth-order valence-electron chi connectivity index (χ4n) is 2.67. The minimum atomic E-state index is -4.66. The van der Waals surface area contributed by atoms with Crippen molar-refractivity contribution in [2.75, 3.05) is 0 Å². The van der Waals surface area contributed by atoms with Gasteiger partial charge in [0.15, 0.2) is 5.78 Å². The summed E-state index contributed by atoms with van der Waals surface area (Å²) in [6, 6.07) is 9.15. The molecular formula is C19H15F3N2O3S. The summed E-state index contributed by atoms with van der Waals surface area (Å²) in [6.45, 7) is 1.26. The van der Waals surface area contributed by atoms with E-state index in [0.717, 1.165) is 16.1 Å². The zero-order valence-electron chi connectivity index (χ0n) is 14.6. The molecule has 1 aromatic carbocycles. The van der Waals surface area contributed by atoms with E-state index >= 15 is 0 Å². The van der Waals surface area contributed by atoms with Crippen LogP contribution >= 0.6 is 0 Å². The van der Waals surface area contributed by atoms with Gasteiger partial charge in [-0.2, -0.15) is 13.2 Å². The third-order valence-electron chi connectivity index (χ3n) is 4.13. The largest absolute Gasteiger partial charge is 0.416 e. The SMILES string of the molecule is Cc1ccc(S(=O)(=O)n2ccc(CC(=O)c3ccccn3)c2)cc1C(F)(F)F. The Balaban J connectivity index is 1.89. The molecule has 28 heavy (non-hydrogen) atoms. The molecule has 9 heteroatoms. The summed E-state index contributed by atoms with van der Waals surface area (Å²) in [4.78, 5) is 15.6. The first-order valence-electron chi connectivity index (χ1n) is 8.13. The molecule has 0 saturated carbocycles. The molecule has 3 aromatic rings. The smallest absolute Gasteiger partial charge is 0.292 e. The van der Waals surface area contributed by atoms with E-state index in [1.54, 1.807) is 18.2 Å². The second-order valence-electron chi connectivity index (χ2n) is 6.14. The molecule has 0 aliphatic rings. The number of carbonyl (C=O) groups is 1. The number of hydrogen-bond donors (Lipinski definition) is 0. The highest BCUT2D eigenvalue weighted by molar-refractivity contribution is 7.90. The Morgan fingerprint density at radius 2 is 1.89 bits per heavy atom. The van der Waals surface area contributed by atoms with Gasteiger partial charge >= 0.3 is 6.18 Å². The van der Waals surface area contributed by atoms with Crippen molar-refractivity contribution >= 4 is 15.8 Å². The first kappa shape index (κ1) is 19.8. The number of alkyl halides is 3. The summed E-state index contributed by atoms with van der Waals surface area (Å²) >= 11 is 0. The van der Waals surface area contributed by atoms with Crippen molar-refractivity contribution in [3.05, 3.63) is 83.4 Å². The Hall–Kier alpha value is -2.94. The van der Waals surface area contributed by atoms with Crippen LogP contribution in [0, 0.1) is 6.92 Å². The lowest BCUT2D eigenvalue weighted by Crippen LogP contribution is -2.14. The Bertz CT molecular complexity index is 1120. The van der Waals surface area contributed by atoms with E-state index in [2.05, 4.69) is 4.98 Å². The second kappa shape index (κ2) is 7.23. The standard InChI is InChI=1S/C19H15F3N2O3S/c1-13-5-6-15(11-16(13)19(20,21)22)28(26,27)24-9-7-14(12-24)10-18(25)17-4-2-3-8-23-17/h2-9,11-12H,10H2,1H3. The number of pyridine rings is 1. The van der Waals surface area contributed by atoms with E-state index in [4.69, 9.17) is 0 Å². The fourth-order valence-corrected chi connectivity index (χ4v) is 3.91. The highest BCUT2D eigenvalue weighted by Gasteiger charge is 2.34. The van der Waals surface area contributed by atoms with Crippen LogP contribution < -0.4 is 0 Å². The zero-order chi connectivity index (χ0) is 20.5. The minimum Gasteiger partial charge on any atom is -0.292 e. The second-order valence-corrected chi connectivity index (χ2v) is 7.99. The average Bonchev–Trinajstić information content (AvgIpc) is 3.11. The molecule has 0 aliphatic heterocycles. The van der Waals surface area contributed by atoms with Crippen LogP contribution in [-0.4, -0.2) is 23.2 Å². The molecule has 0 bridgehead atoms. The molecule has 2 aromatic heterocycles. The summed E-state index contributed by atoms with van der Waals surface area (Å²) in [5.41, 5.74) is -0.430. The summed E-state index contributed by atoms with van der Waals surface area (Å²) in [7, 11) is -4.23. The van der Waals surface area contributed by atoms with Gasteiger partial charge in [-0.25, -0.2) is 12.4 Å². The summed E-state index contributed by atoms with van der Waals surface area (Å²) in [6.07, 6.45) is -0.862. The van der Waals surface area contributed by atoms with Gasteiger partial charge in [-0.15, -0.1) is 0 Å². The lowest BCUT2D eigenvalue weighted by Gasteiger charge is -2.12. The van der Waals surface area contributed by atoms with Crippen molar-refractivity contribution in [2.24, 2.45) is 0 Å². The molecule has 0 unspecified atom stereocenters. The Labute approximate surface area is 159 Å². The van der Waals surface area contributed by atoms with E-state index < -0.39 is 26.7 Å². The molecule has 0 aliphatic carbocycles. The molecule has 0 amide bonds. The number of aromatic nitrogens is 2. The quantitative estimate of drug-likeness (QED) is 0.601. The number of hydrogen-bond acceptors (Lipinski definition) is 4. The number of aryl methyl sites for hydroxylation is 1. The van der Waals surface area contributed by atoms with Gasteiger partial charge < -0.3 is 0 Å². The predicted molar refractivity (Wildman–Crippen MR) is 95.5 cm³/mol. The first-order valence-corrected chi connectivity index (χ1v) is 9.57. The number of rotatable bonds is 5. The van der Waals surface area contributed by atoms with Gasteiger partial charge in [-0.05, 0) is 48.4 Å². The van der Waals surface area contributed by atoms with Gasteiger partial charge in [-0.1, -0.05) is 12.1 Å². The minimum absolute atomic E-state index is 0.0689. The molecule has 0 spiro atoms. The molecule has 0 fully saturated rings. The van der Waals surface area contributed by atoms with E-state index in [1.165, 1.54) is 31.6 Å². The topological polar surface area (TPSA) is 69.0 Å². The van der Waals surface area contributed by atoms with Crippen molar-refractivity contribution in [1.29, 1.82) is 0 Å². The number of carbonyl (C=O) groups excluding carboxylic acids is 1. The van der Waals surface area contributed by atoms with Gasteiger partial charge in [0.2, 0.25) is 0 Å². The van der Waals surface area contributed by atoms with E-state index in [-0.39, 0.29) is 23.5 Å². The highest BCUT2D eigenvalue weighted by atomic mass is 32.2. The van der Waals surface area contributed by atoms with Crippen molar-refractivity contribution in [3.8, 4) is 0 Å². The molecule has 5 nitrogen and oxygen atoms in total. The average molecular weight is 408 g/mol. The summed E-state index contributed by atoms with van der Waals surface area (Å²) < 4.78 is 65.4. The third kappa shape index (κ3) is 3.99. The normalized spacial score (nSPS) is 12.1. The van der Waals surface area contributed by atoms with Crippen molar-refractivity contribution < 1.29 is 26.4 Å². The van der Waals surface area contributed by atoms with Crippen LogP contribution in [0.1, 0.15) is 27.2 Å². The van der Waals surface area contributed by atoms with Gasteiger partial charge in [-0.3, -0.25) is 9.78 Å². The molecule has 0 saturated heterocycles. The van der Waals surface area contributed by atoms with E-state index in [1.807, 2.05) is 0 Å². The predicted octanol–water partition coefficient (Wildman–Crippen LogP) is 3.87. The highest BCUT2D eigenvalue weighted by Crippen LogP contribution is 2.33. The first-order chi connectivity index (χ1) is 13.1. The number of halogens is 3. The maximum absolute atomic E-state index is 13.1. The lowest BCUT2D eigenvalue weighted by molar-refractivity contribution is -0.138. The van der Waals surface area contributed by atoms with Crippen LogP contribution in [0.5, 0.6) is 0 Å². The number of nitrogens with zero attached hydrogens (tertiary/aromatic N) is 2. The third-order valence-corrected chi connectivity index (χ3v) is 5.77. The Morgan fingerprint density at radius 3 is 2.54 bits per heavy atom. The fraction of sp³-hybridized carbons (Fsp3) is 0.158. The molecule has 2 heterocycles. The monoisotopic (exact) mass is 408 g/mol. The summed E-state index contributed by atoms with van der Waals surface area (Å²) in [5.74, 6) is -0.301. The number of ketones is 1. The van der Waals surface area contributed by atoms with Gasteiger partial charge in [0.05, 0.1) is 10.5 Å². The van der Waals surface area contributed by atoms with Crippen LogP contribution in [-0.2, 0) is 22.6 Å². The number of benzene rings is 1. The molecule has 3 rings (SSSR count). The van der Waals surface area contributed by atoms with Crippen LogP contribution in [0.2, 0.25) is 0 Å². The molecule has 0 N–H and O–H groups in total. The number of Topliss-reactive ketones (excluding diaryl/α,β-unsaturated/α-hetero) is 1. The molecule has 0 radical (unpaired) electrons. The van der Waals surface area contributed by atoms with E-state index in [0.29, 0.717) is 11.6 Å².